The highest BCUT2D eigenvalue weighted by molar-refractivity contribution is 8.03. The van der Waals surface area contributed by atoms with Gasteiger partial charge in [-0.2, -0.15) is 0 Å². The Morgan fingerprint density at radius 2 is 2.03 bits per heavy atom. The number of carbonyl (C=O) groups is 4. The Hall–Kier alpha value is -2.96. The first kappa shape index (κ1) is 25.1. The summed E-state index contributed by atoms with van der Waals surface area (Å²) in [6.07, 6.45) is 2.51. The highest BCUT2D eigenvalue weighted by atomic mass is 32.2. The molecule has 1 aromatic heterocycles. The number of aliphatic carboxylic acids is 1. The number of carbonyl (C=O) groups excluding carboxylic acids is 3. The van der Waals surface area contributed by atoms with Crippen molar-refractivity contribution in [3.63, 3.8) is 0 Å². The van der Waals surface area contributed by atoms with Crippen LogP contribution in [0.15, 0.2) is 29.1 Å². The first-order valence-corrected chi connectivity index (χ1v) is 12.3. The topological polar surface area (TPSA) is 152 Å². The SMILES string of the molecule is C[C@@H](O)[C@H]1C(=O)N2C(C(=O)O)=C(S[C@@H]3CN[C@H](C(=O)Nc4cncc(C(=O)N(C)C)c4)C3)[C@H](C)[C@H]12. The van der Waals surface area contributed by atoms with Crippen molar-refractivity contribution >= 4 is 41.1 Å². The van der Waals surface area contributed by atoms with Crippen molar-refractivity contribution < 1.29 is 29.4 Å². The lowest BCUT2D eigenvalue weighted by molar-refractivity contribution is -0.163. The average molecular weight is 504 g/mol. The van der Waals surface area contributed by atoms with Crippen LogP contribution in [0.3, 0.4) is 0 Å². The monoisotopic (exact) mass is 503 g/mol. The van der Waals surface area contributed by atoms with E-state index >= 15 is 0 Å². The highest BCUT2D eigenvalue weighted by Gasteiger charge is 2.60. The van der Waals surface area contributed by atoms with E-state index in [-0.39, 0.29) is 40.6 Å². The van der Waals surface area contributed by atoms with E-state index in [0.717, 1.165) is 0 Å². The van der Waals surface area contributed by atoms with Crippen LogP contribution in [-0.4, -0.2) is 92.8 Å². The van der Waals surface area contributed by atoms with E-state index in [1.807, 2.05) is 6.92 Å². The fourth-order valence-corrected chi connectivity index (χ4v) is 6.44. The highest BCUT2D eigenvalue weighted by Crippen LogP contribution is 2.51. The lowest BCUT2D eigenvalue weighted by Crippen LogP contribution is -2.63. The second-order valence-electron chi connectivity index (χ2n) is 9.36. The number of aromatic nitrogens is 1. The van der Waals surface area contributed by atoms with Gasteiger partial charge in [-0.05, 0) is 19.4 Å². The second kappa shape index (κ2) is 9.59. The lowest BCUT2D eigenvalue weighted by atomic mass is 9.79. The van der Waals surface area contributed by atoms with Gasteiger partial charge in [-0.3, -0.25) is 19.4 Å². The number of thioether (sulfide) groups is 1. The summed E-state index contributed by atoms with van der Waals surface area (Å²) >= 11 is 1.38. The maximum atomic E-state index is 12.8. The summed E-state index contributed by atoms with van der Waals surface area (Å²) in [7, 11) is 3.26. The number of β-lactam (4-membered cyclic amide) rings is 1. The molecule has 4 rings (SSSR count). The van der Waals surface area contributed by atoms with Crippen LogP contribution < -0.4 is 10.6 Å². The third kappa shape index (κ3) is 4.53. The first-order valence-electron chi connectivity index (χ1n) is 11.4. The normalized spacial score (nSPS) is 28.4. The molecule has 35 heavy (non-hydrogen) atoms. The number of hydrogen-bond acceptors (Lipinski definition) is 8. The number of amides is 3. The number of pyridine rings is 1. The maximum Gasteiger partial charge on any atom is 0.353 e. The maximum absolute atomic E-state index is 12.8. The number of rotatable bonds is 7. The summed E-state index contributed by atoms with van der Waals surface area (Å²) in [5.74, 6) is -2.86. The van der Waals surface area contributed by atoms with Crippen LogP contribution in [0.2, 0.25) is 0 Å². The van der Waals surface area contributed by atoms with E-state index in [4.69, 9.17) is 0 Å². The van der Waals surface area contributed by atoms with E-state index in [9.17, 15) is 29.4 Å². The molecule has 3 aliphatic heterocycles. The molecule has 0 spiro atoms. The molecule has 4 N–H and O–H groups in total. The molecule has 0 aromatic carbocycles. The van der Waals surface area contributed by atoms with Gasteiger partial charge < -0.3 is 30.6 Å². The minimum atomic E-state index is -1.17. The molecule has 0 aliphatic carbocycles. The Morgan fingerprint density at radius 1 is 1.31 bits per heavy atom. The van der Waals surface area contributed by atoms with Gasteiger partial charge in [0.05, 0.1) is 41.6 Å². The van der Waals surface area contributed by atoms with Crippen LogP contribution in [-0.2, 0) is 14.4 Å². The van der Waals surface area contributed by atoms with Crippen LogP contribution in [0.1, 0.15) is 30.6 Å². The number of aliphatic hydroxyl groups excluding tert-OH is 1. The van der Waals surface area contributed by atoms with Gasteiger partial charge in [0.15, 0.2) is 0 Å². The summed E-state index contributed by atoms with van der Waals surface area (Å²) < 4.78 is 0. The molecule has 3 amide bonds. The number of carboxylic acid groups (broad SMARTS) is 1. The Bertz CT molecular complexity index is 1110. The standard InChI is InChI=1S/C23H29N5O6S/c1-10-17-16(11(2)29)22(32)28(17)18(23(33)34)19(10)35-14-6-15(25-9-14)20(30)26-13-5-12(7-24-8-13)21(31)27(3)4/h5,7-8,10-11,14-17,25,29H,6,9H2,1-4H3,(H,26,30)(H,33,34)/t10-,11-,14+,15+,16-,17-/m1/s1. The van der Waals surface area contributed by atoms with Gasteiger partial charge in [0.2, 0.25) is 11.8 Å². The molecule has 12 heteroatoms. The Kier molecular flexibility index (Phi) is 6.89. The molecule has 6 atom stereocenters. The predicted octanol–water partition coefficient (Wildman–Crippen LogP) is 0.339. The van der Waals surface area contributed by atoms with Gasteiger partial charge >= 0.3 is 5.97 Å². The van der Waals surface area contributed by atoms with Gasteiger partial charge in [0.1, 0.15) is 5.70 Å². The van der Waals surface area contributed by atoms with Gasteiger partial charge in [-0.15, -0.1) is 11.8 Å². The fourth-order valence-electron chi connectivity index (χ4n) is 4.96. The molecule has 0 unspecified atom stereocenters. The van der Waals surface area contributed by atoms with Crippen molar-refractivity contribution in [2.45, 2.75) is 43.7 Å². The summed E-state index contributed by atoms with van der Waals surface area (Å²) in [6.45, 7) is 3.91. The number of nitrogens with one attached hydrogen (secondary N) is 2. The number of anilines is 1. The number of aliphatic hydroxyl groups is 1. The zero-order valence-corrected chi connectivity index (χ0v) is 20.7. The summed E-state index contributed by atoms with van der Waals surface area (Å²) in [4.78, 5) is 56.8. The molecular weight excluding hydrogens is 474 g/mol. The van der Waals surface area contributed by atoms with Gasteiger partial charge in [0, 0.05) is 42.9 Å². The van der Waals surface area contributed by atoms with Gasteiger partial charge in [-0.25, -0.2) is 4.79 Å². The van der Waals surface area contributed by atoms with Gasteiger partial charge in [0.25, 0.3) is 5.91 Å². The van der Waals surface area contributed by atoms with Gasteiger partial charge in [-0.1, -0.05) is 6.92 Å². The van der Waals surface area contributed by atoms with E-state index in [1.54, 1.807) is 27.1 Å². The van der Waals surface area contributed by atoms with E-state index in [1.165, 1.54) is 34.0 Å². The molecule has 0 radical (unpaired) electrons. The van der Waals surface area contributed by atoms with E-state index in [2.05, 4.69) is 15.6 Å². The van der Waals surface area contributed by atoms with E-state index < -0.39 is 24.0 Å². The van der Waals surface area contributed by atoms with E-state index in [0.29, 0.717) is 29.1 Å². The number of nitrogens with zero attached hydrogens (tertiary/aromatic N) is 3. The smallest absolute Gasteiger partial charge is 0.353 e. The Balaban J connectivity index is 1.42. The second-order valence-corrected chi connectivity index (χ2v) is 10.7. The van der Waals surface area contributed by atoms with Crippen molar-refractivity contribution in [2.75, 3.05) is 26.0 Å². The Morgan fingerprint density at radius 3 is 2.66 bits per heavy atom. The summed E-state index contributed by atoms with van der Waals surface area (Å²) in [5, 5.41) is 25.7. The summed E-state index contributed by atoms with van der Waals surface area (Å²) in [6, 6.07) is 0.697. The molecule has 1 aromatic rings. The van der Waals surface area contributed by atoms with Crippen LogP contribution >= 0.6 is 11.8 Å². The molecule has 2 fully saturated rings. The third-order valence-corrected chi connectivity index (χ3v) is 8.18. The number of hydrogen-bond donors (Lipinski definition) is 4. The number of carboxylic acids is 1. The zero-order valence-electron chi connectivity index (χ0n) is 19.9. The summed E-state index contributed by atoms with van der Waals surface area (Å²) in [5.41, 5.74) is 0.752. The average Bonchev–Trinajstić information content (AvgIpc) is 3.35. The Labute approximate surface area is 206 Å². The van der Waals surface area contributed by atoms with Crippen LogP contribution in [0.5, 0.6) is 0 Å². The van der Waals surface area contributed by atoms with Crippen LogP contribution in [0, 0.1) is 11.8 Å². The molecular formula is C23H29N5O6S. The fraction of sp³-hybridized carbons (Fsp3) is 0.522. The largest absolute Gasteiger partial charge is 0.477 e. The minimum absolute atomic E-state index is 0.0178. The molecule has 4 heterocycles. The molecule has 188 valence electrons. The molecule has 0 bridgehead atoms. The minimum Gasteiger partial charge on any atom is -0.477 e. The molecule has 11 nitrogen and oxygen atoms in total. The molecule has 0 saturated carbocycles. The number of fused-ring (bicyclic) bond motifs is 1. The van der Waals surface area contributed by atoms with Crippen molar-refractivity contribution in [3.8, 4) is 0 Å². The molecule has 3 aliphatic rings. The van der Waals surface area contributed by atoms with Crippen LogP contribution in [0.4, 0.5) is 5.69 Å². The zero-order chi connectivity index (χ0) is 25.6. The van der Waals surface area contributed by atoms with Crippen molar-refractivity contribution in [1.29, 1.82) is 0 Å². The van der Waals surface area contributed by atoms with Crippen molar-refractivity contribution in [1.82, 2.24) is 20.1 Å². The quantitative estimate of drug-likeness (QED) is 0.386. The third-order valence-electron chi connectivity index (χ3n) is 6.67. The first-order chi connectivity index (χ1) is 16.5. The molecule has 2 saturated heterocycles. The van der Waals surface area contributed by atoms with Crippen molar-refractivity contribution in [3.05, 3.63) is 34.6 Å². The van der Waals surface area contributed by atoms with Crippen LogP contribution in [0.25, 0.3) is 0 Å². The van der Waals surface area contributed by atoms with Crippen molar-refractivity contribution in [2.24, 2.45) is 11.8 Å². The lowest BCUT2D eigenvalue weighted by Gasteiger charge is -2.46. The predicted molar refractivity (Wildman–Crippen MR) is 128 cm³/mol.